The fourth-order valence-electron chi connectivity index (χ4n) is 0. The Labute approximate surface area is 67.7 Å². The van der Waals surface area contributed by atoms with Gasteiger partial charge >= 0.3 is 68.5 Å². The van der Waals surface area contributed by atoms with Crippen molar-refractivity contribution < 1.29 is 30.8 Å². The summed E-state index contributed by atoms with van der Waals surface area (Å²) >= 11 is -6.11. The zero-order valence-electron chi connectivity index (χ0n) is 2.72. The molecule has 0 atom stereocenters. The normalized spacial score (nSPS) is 9.67. The minimum absolute atomic E-state index is 0. The Bertz CT molecular complexity index is 90.7. The molecule has 0 rings (SSSR count). The predicted octanol–water partition coefficient (Wildman–Crippen LogP) is -3.00. The van der Waals surface area contributed by atoms with E-state index in [9.17, 15) is 0 Å². The van der Waals surface area contributed by atoms with Crippen LogP contribution in [0.3, 0.4) is 0 Å². The Morgan fingerprint density at radius 1 is 1.17 bits per heavy atom. The molecule has 0 fully saturated rings. The summed E-state index contributed by atoms with van der Waals surface area (Å²) in [7, 11) is 0. The molecule has 6 heteroatoms. The molecule has 0 aromatic carbocycles. The third kappa shape index (κ3) is 51.6. The molecular weight excluding hydrogens is 290 g/mol. The third-order valence-corrected chi connectivity index (χ3v) is 0. The molecule has 0 aromatic heterocycles. The fourth-order valence-corrected chi connectivity index (χ4v) is 0. The van der Waals surface area contributed by atoms with Crippen molar-refractivity contribution in [2.75, 3.05) is 0 Å². The molecule has 0 amide bonds. The Balaban J connectivity index is 0. The number of hydrogen-bond acceptors (Lipinski definition) is 4. The van der Waals surface area contributed by atoms with Gasteiger partial charge in [0.05, 0.1) is 0 Å². The van der Waals surface area contributed by atoms with Gasteiger partial charge in [-0.05, 0) is 0 Å². The Morgan fingerprint density at radius 3 is 1.17 bits per heavy atom. The maximum atomic E-state index is 8.64. The summed E-state index contributed by atoms with van der Waals surface area (Å²) < 4.78 is 34.6. The maximum absolute atomic E-state index is 8.64. The molecule has 0 aliphatic rings. The van der Waals surface area contributed by atoms with Crippen molar-refractivity contribution in [3.05, 3.63) is 0 Å². The summed E-state index contributed by atoms with van der Waals surface area (Å²) in [5.74, 6) is 0. The van der Waals surface area contributed by atoms with Gasteiger partial charge in [-0.25, -0.2) is 0 Å². The van der Waals surface area contributed by atoms with E-state index in [1.165, 1.54) is 0 Å². The van der Waals surface area contributed by atoms with Gasteiger partial charge in [-0.1, -0.05) is 0 Å². The zero-order valence-corrected chi connectivity index (χ0v) is 7.64. The molecule has 0 N–H and O–H groups in total. The van der Waals surface area contributed by atoms with Crippen LogP contribution in [0, 0.1) is 0 Å². The molecule has 0 bridgehead atoms. The first-order valence-corrected chi connectivity index (χ1v) is 5.05. The number of rotatable bonds is 0. The Morgan fingerprint density at radius 2 is 1.17 bits per heavy atom. The van der Waals surface area contributed by atoms with Crippen molar-refractivity contribution in [1.29, 1.82) is 0 Å². The Hall–Kier alpha value is 1.44. The second-order valence-corrected chi connectivity index (χ2v) is 3.09. The number of hydrogen-bond donors (Lipinski definition) is 0. The van der Waals surface area contributed by atoms with Crippen LogP contribution in [-0.2, 0) is 23.1 Å². The van der Waals surface area contributed by atoms with Gasteiger partial charge in [0, 0.05) is 0 Å². The first-order chi connectivity index (χ1) is 2.00. The van der Waals surface area contributed by atoms with Crippen LogP contribution in [0.15, 0.2) is 0 Å². The van der Waals surface area contributed by atoms with E-state index >= 15 is 0 Å². The van der Waals surface area contributed by atoms with Gasteiger partial charge < -0.3 is 0 Å². The summed E-state index contributed by atoms with van der Waals surface area (Å²) in [4.78, 5) is 0. The van der Waals surface area contributed by atoms with Crippen LogP contribution in [0.1, 0.15) is 0 Å². The topological polar surface area (TPSA) is 80.3 Å². The fraction of sp³-hybridized carbons (Fsp3) is 0. The predicted molar refractivity (Wildman–Crippen MR) is 7.13 cm³/mol. The monoisotopic (exact) mass is 291 g/mol. The molecular formula is CaO4Re. The van der Waals surface area contributed by atoms with Crippen molar-refractivity contribution >= 4 is 37.7 Å². The average molecular weight is 290 g/mol. The van der Waals surface area contributed by atoms with Gasteiger partial charge in [-0.15, -0.1) is 0 Å². The van der Waals surface area contributed by atoms with Gasteiger partial charge in [-0.3, -0.25) is 0 Å². The first kappa shape index (κ1) is 10.4. The molecule has 4 nitrogen and oxygen atoms in total. The zero-order chi connectivity index (χ0) is 4.50. The first-order valence-electron chi connectivity index (χ1n) is 0.617. The van der Waals surface area contributed by atoms with E-state index in [0.717, 1.165) is 0 Å². The SMILES string of the molecule is [Ca+2].[O]=[Re](=[O])([O-])[O-]. The molecule has 0 spiro atoms. The summed E-state index contributed by atoms with van der Waals surface area (Å²) in [6.45, 7) is 0. The molecule has 0 aliphatic heterocycles. The molecule has 0 unspecified atom stereocenters. The molecule has 0 heterocycles. The van der Waals surface area contributed by atoms with Crippen molar-refractivity contribution in [2.45, 2.75) is 0 Å². The molecule has 0 aromatic rings. The molecule has 6 heavy (non-hydrogen) atoms. The summed E-state index contributed by atoms with van der Waals surface area (Å²) in [5, 5.41) is 0. The average Bonchev–Trinajstić information content (AvgIpc) is 0.722. The van der Waals surface area contributed by atoms with Crippen molar-refractivity contribution in [3.63, 3.8) is 0 Å². The van der Waals surface area contributed by atoms with Crippen LogP contribution >= 0.6 is 0 Å². The van der Waals surface area contributed by atoms with Gasteiger partial charge in [-0.2, -0.15) is 0 Å². The molecule has 0 saturated carbocycles. The van der Waals surface area contributed by atoms with Crippen LogP contribution in [0.5, 0.6) is 0 Å². The van der Waals surface area contributed by atoms with Gasteiger partial charge in [0.2, 0.25) is 0 Å². The van der Waals surface area contributed by atoms with Crippen molar-refractivity contribution in [2.24, 2.45) is 0 Å². The van der Waals surface area contributed by atoms with Gasteiger partial charge in [0.15, 0.2) is 0 Å². The van der Waals surface area contributed by atoms with Crippen LogP contribution < -0.4 is 7.66 Å². The Kier molecular flexibility index (Phi) is 5.99. The second kappa shape index (κ2) is 3.44. The minimum atomic E-state index is -6.11. The summed E-state index contributed by atoms with van der Waals surface area (Å²) in [6.07, 6.45) is 0. The molecule has 0 radical (unpaired) electrons. The van der Waals surface area contributed by atoms with Crippen LogP contribution in [-0.4, -0.2) is 37.7 Å². The van der Waals surface area contributed by atoms with E-state index in [2.05, 4.69) is 0 Å². The van der Waals surface area contributed by atoms with E-state index in [4.69, 9.17) is 14.6 Å². The summed E-state index contributed by atoms with van der Waals surface area (Å²) in [6, 6.07) is 0. The molecule has 0 aliphatic carbocycles. The van der Waals surface area contributed by atoms with Crippen molar-refractivity contribution in [3.8, 4) is 0 Å². The van der Waals surface area contributed by atoms with Gasteiger partial charge in [0.1, 0.15) is 0 Å². The van der Waals surface area contributed by atoms with E-state index in [1.807, 2.05) is 0 Å². The van der Waals surface area contributed by atoms with Crippen LogP contribution in [0.2, 0.25) is 0 Å². The van der Waals surface area contributed by atoms with Gasteiger partial charge in [0.25, 0.3) is 0 Å². The van der Waals surface area contributed by atoms with Crippen LogP contribution in [0.25, 0.3) is 0 Å². The summed E-state index contributed by atoms with van der Waals surface area (Å²) in [5.41, 5.74) is 0. The molecule has 33 valence electrons. The van der Waals surface area contributed by atoms with Crippen molar-refractivity contribution in [1.82, 2.24) is 0 Å². The van der Waals surface area contributed by atoms with E-state index in [-0.39, 0.29) is 37.7 Å². The van der Waals surface area contributed by atoms with E-state index < -0.39 is 16.2 Å². The van der Waals surface area contributed by atoms with E-state index in [1.54, 1.807) is 0 Å². The third-order valence-electron chi connectivity index (χ3n) is 0. The van der Waals surface area contributed by atoms with Crippen LogP contribution in [0.4, 0.5) is 0 Å². The second-order valence-electron chi connectivity index (χ2n) is 0.378. The standard InChI is InChI=1S/Ca.4O.Re/q+2;;;2*-1;. The quantitative estimate of drug-likeness (QED) is 0.445. The molecule has 0 saturated heterocycles. The van der Waals surface area contributed by atoms with E-state index in [0.29, 0.717) is 0 Å².